The van der Waals surface area contributed by atoms with Gasteiger partial charge in [-0.05, 0) is 25.1 Å². The second kappa shape index (κ2) is 6.40. The van der Waals surface area contributed by atoms with Crippen molar-refractivity contribution in [3.05, 3.63) is 58.3 Å². The van der Waals surface area contributed by atoms with Crippen LogP contribution in [0.1, 0.15) is 5.69 Å². The molecule has 0 radical (unpaired) electrons. The van der Waals surface area contributed by atoms with Gasteiger partial charge in [-0.2, -0.15) is 9.98 Å². The fraction of sp³-hybridized carbons (Fsp3) is 0.0625. The van der Waals surface area contributed by atoms with Crippen LogP contribution in [0.2, 0.25) is 10.2 Å². The minimum Gasteiger partial charge on any atom is -0.369 e. The van der Waals surface area contributed by atoms with E-state index < -0.39 is 0 Å². The van der Waals surface area contributed by atoms with Crippen LogP contribution in [0.5, 0.6) is 0 Å². The lowest BCUT2D eigenvalue weighted by Crippen LogP contribution is -2.22. The molecule has 23 heavy (non-hydrogen) atoms. The highest BCUT2D eigenvalue weighted by atomic mass is 35.5. The monoisotopic (exact) mass is 345 g/mol. The third-order valence-corrected chi connectivity index (χ3v) is 3.69. The SMILES string of the molecule is Cc1cc(Cl)nc(/N=C(\N)Nc2ccc(Cl)c3ccccc23)n1. The van der Waals surface area contributed by atoms with Crippen molar-refractivity contribution in [3.8, 4) is 0 Å². The van der Waals surface area contributed by atoms with Crippen molar-refractivity contribution >= 4 is 51.6 Å². The molecule has 0 saturated carbocycles. The number of guanidine groups is 1. The second-order valence-corrected chi connectivity index (χ2v) is 5.69. The van der Waals surface area contributed by atoms with Crippen LogP contribution in [-0.4, -0.2) is 15.9 Å². The van der Waals surface area contributed by atoms with Crippen molar-refractivity contribution in [1.29, 1.82) is 0 Å². The Morgan fingerprint density at radius 3 is 2.57 bits per heavy atom. The number of aliphatic imine (C=N–C) groups is 1. The molecule has 1 heterocycles. The summed E-state index contributed by atoms with van der Waals surface area (Å²) in [5, 5.41) is 5.92. The molecule has 0 bridgehead atoms. The number of benzene rings is 2. The third kappa shape index (κ3) is 3.52. The first kappa shape index (κ1) is 15.5. The Morgan fingerprint density at radius 2 is 1.83 bits per heavy atom. The zero-order chi connectivity index (χ0) is 16.4. The number of halogens is 2. The number of aryl methyl sites for hydroxylation is 1. The lowest BCUT2D eigenvalue weighted by atomic mass is 10.1. The highest BCUT2D eigenvalue weighted by Crippen LogP contribution is 2.29. The van der Waals surface area contributed by atoms with Crippen molar-refractivity contribution in [2.75, 3.05) is 5.32 Å². The number of aromatic nitrogens is 2. The molecule has 0 aliphatic rings. The van der Waals surface area contributed by atoms with Crippen molar-refractivity contribution < 1.29 is 0 Å². The smallest absolute Gasteiger partial charge is 0.254 e. The van der Waals surface area contributed by atoms with E-state index in [2.05, 4.69) is 20.3 Å². The highest BCUT2D eigenvalue weighted by Gasteiger charge is 2.06. The van der Waals surface area contributed by atoms with Gasteiger partial charge in [0.2, 0.25) is 5.96 Å². The van der Waals surface area contributed by atoms with Crippen LogP contribution in [-0.2, 0) is 0 Å². The van der Waals surface area contributed by atoms with Gasteiger partial charge in [-0.3, -0.25) is 0 Å². The number of hydrogen-bond acceptors (Lipinski definition) is 3. The minimum atomic E-state index is 0.166. The van der Waals surface area contributed by atoms with E-state index in [1.807, 2.05) is 37.3 Å². The van der Waals surface area contributed by atoms with E-state index in [-0.39, 0.29) is 11.9 Å². The Morgan fingerprint density at radius 1 is 1.09 bits per heavy atom. The standard InChI is InChI=1S/C16H13Cl2N5/c1-9-8-14(18)22-16(20-9)23-15(19)21-13-7-6-12(17)10-4-2-3-5-11(10)13/h2-8H,1H3,(H3,19,20,21,22,23). The Kier molecular flexibility index (Phi) is 4.32. The van der Waals surface area contributed by atoms with Crippen LogP contribution in [0, 0.1) is 6.92 Å². The zero-order valence-corrected chi connectivity index (χ0v) is 13.7. The summed E-state index contributed by atoms with van der Waals surface area (Å²) in [5.41, 5.74) is 7.46. The molecule has 116 valence electrons. The Balaban J connectivity index is 1.95. The van der Waals surface area contributed by atoms with E-state index in [9.17, 15) is 0 Å². The lowest BCUT2D eigenvalue weighted by molar-refractivity contribution is 1.08. The average Bonchev–Trinajstić information content (AvgIpc) is 2.49. The molecule has 0 fully saturated rings. The molecule has 0 atom stereocenters. The summed E-state index contributed by atoms with van der Waals surface area (Å²) in [7, 11) is 0. The summed E-state index contributed by atoms with van der Waals surface area (Å²) < 4.78 is 0. The molecule has 0 amide bonds. The van der Waals surface area contributed by atoms with E-state index >= 15 is 0 Å². The molecule has 3 aromatic rings. The fourth-order valence-electron chi connectivity index (χ4n) is 2.21. The van der Waals surface area contributed by atoms with E-state index in [4.69, 9.17) is 28.9 Å². The number of hydrogen-bond donors (Lipinski definition) is 2. The van der Waals surface area contributed by atoms with Crippen LogP contribution < -0.4 is 11.1 Å². The maximum Gasteiger partial charge on any atom is 0.254 e. The van der Waals surface area contributed by atoms with Gasteiger partial charge in [0.1, 0.15) is 5.15 Å². The highest BCUT2D eigenvalue weighted by molar-refractivity contribution is 6.36. The van der Waals surface area contributed by atoms with Crippen LogP contribution in [0.4, 0.5) is 11.6 Å². The molecule has 0 unspecified atom stereocenters. The van der Waals surface area contributed by atoms with Gasteiger partial charge in [0.05, 0.1) is 0 Å². The number of rotatable bonds is 2. The van der Waals surface area contributed by atoms with Crippen LogP contribution in [0.15, 0.2) is 47.5 Å². The summed E-state index contributed by atoms with van der Waals surface area (Å²) in [6, 6.07) is 13.1. The first-order valence-corrected chi connectivity index (χ1v) is 7.58. The predicted octanol–water partition coefficient (Wildman–Crippen LogP) is 4.30. The van der Waals surface area contributed by atoms with Crippen molar-refractivity contribution in [1.82, 2.24) is 9.97 Å². The van der Waals surface area contributed by atoms with Gasteiger partial charge in [-0.15, -0.1) is 0 Å². The van der Waals surface area contributed by atoms with E-state index in [0.29, 0.717) is 15.9 Å². The number of anilines is 1. The zero-order valence-electron chi connectivity index (χ0n) is 12.2. The van der Waals surface area contributed by atoms with Crippen molar-refractivity contribution in [2.45, 2.75) is 6.92 Å². The molecule has 7 heteroatoms. The first-order valence-electron chi connectivity index (χ1n) is 6.82. The first-order chi connectivity index (χ1) is 11.0. The Hall–Kier alpha value is -2.37. The lowest BCUT2D eigenvalue weighted by Gasteiger charge is -2.10. The van der Waals surface area contributed by atoms with Gasteiger partial charge in [0.15, 0.2) is 0 Å². The number of nitrogens with two attached hydrogens (primary N) is 1. The van der Waals surface area contributed by atoms with Crippen molar-refractivity contribution in [3.63, 3.8) is 0 Å². The van der Waals surface area contributed by atoms with Gasteiger partial charge >= 0.3 is 0 Å². The molecule has 3 rings (SSSR count). The quantitative estimate of drug-likeness (QED) is 0.412. The molecule has 0 spiro atoms. The number of fused-ring (bicyclic) bond motifs is 1. The molecule has 0 aliphatic carbocycles. The van der Waals surface area contributed by atoms with Crippen LogP contribution in [0.25, 0.3) is 10.8 Å². The van der Waals surface area contributed by atoms with Gasteiger partial charge in [-0.25, -0.2) is 4.98 Å². The molecular weight excluding hydrogens is 333 g/mol. The second-order valence-electron chi connectivity index (χ2n) is 4.89. The molecule has 3 N–H and O–H groups in total. The molecule has 0 aliphatic heterocycles. The maximum atomic E-state index is 6.21. The van der Waals surface area contributed by atoms with Gasteiger partial charge < -0.3 is 11.1 Å². The average molecular weight is 346 g/mol. The largest absolute Gasteiger partial charge is 0.369 e. The molecule has 2 aromatic carbocycles. The summed E-state index contributed by atoms with van der Waals surface area (Å²) in [5.74, 6) is 0.373. The summed E-state index contributed by atoms with van der Waals surface area (Å²) >= 11 is 12.1. The van der Waals surface area contributed by atoms with E-state index in [0.717, 1.165) is 16.5 Å². The Labute approximate surface area is 143 Å². The number of nitrogens with one attached hydrogen (secondary N) is 1. The van der Waals surface area contributed by atoms with E-state index in [1.165, 1.54) is 0 Å². The van der Waals surface area contributed by atoms with Crippen molar-refractivity contribution in [2.24, 2.45) is 10.7 Å². The summed E-state index contributed by atoms with van der Waals surface area (Å²) in [6.07, 6.45) is 0. The fourth-order valence-corrected chi connectivity index (χ4v) is 2.67. The molecule has 5 nitrogen and oxygen atoms in total. The third-order valence-electron chi connectivity index (χ3n) is 3.17. The van der Waals surface area contributed by atoms with Gasteiger partial charge in [0.25, 0.3) is 5.95 Å². The summed E-state index contributed by atoms with van der Waals surface area (Å²) in [4.78, 5) is 12.3. The minimum absolute atomic E-state index is 0.166. The topological polar surface area (TPSA) is 76.2 Å². The van der Waals surface area contributed by atoms with E-state index in [1.54, 1.807) is 12.1 Å². The van der Waals surface area contributed by atoms with Gasteiger partial charge in [-0.1, -0.05) is 47.5 Å². The normalized spacial score (nSPS) is 11.7. The van der Waals surface area contributed by atoms with Crippen LogP contribution in [0.3, 0.4) is 0 Å². The summed E-state index contributed by atoms with van der Waals surface area (Å²) in [6.45, 7) is 1.81. The number of nitrogens with zero attached hydrogens (tertiary/aromatic N) is 3. The predicted molar refractivity (Wildman–Crippen MR) is 95.6 cm³/mol. The molecule has 0 saturated heterocycles. The maximum absolute atomic E-state index is 6.21. The molecular formula is C16H13Cl2N5. The van der Waals surface area contributed by atoms with Gasteiger partial charge in [0, 0.05) is 27.2 Å². The molecule has 1 aromatic heterocycles. The van der Waals surface area contributed by atoms with Crippen LogP contribution >= 0.6 is 23.2 Å². The Bertz CT molecular complexity index is 888.